The maximum Gasteiger partial charge on any atom is 0.451 e. The minimum absolute atomic E-state index is 0.242. The normalized spacial score (nSPS) is 22.8. The summed E-state index contributed by atoms with van der Waals surface area (Å²) >= 11 is 0. The predicted molar refractivity (Wildman–Crippen MR) is 82.9 cm³/mol. The monoisotopic (exact) mass is 300 g/mol. The molecule has 122 valence electrons. The molecule has 0 radical (unpaired) electrons. The highest BCUT2D eigenvalue weighted by molar-refractivity contribution is 6.40. The van der Waals surface area contributed by atoms with Crippen LogP contribution in [0.1, 0.15) is 45.4 Å². The molecule has 21 heavy (non-hydrogen) atoms. The maximum absolute atomic E-state index is 11.0. The van der Waals surface area contributed by atoms with Crippen molar-refractivity contribution in [3.05, 3.63) is 0 Å². The van der Waals surface area contributed by atoms with Gasteiger partial charge in [0.05, 0.1) is 5.92 Å². The van der Waals surface area contributed by atoms with Crippen LogP contribution >= 0.6 is 0 Å². The zero-order valence-corrected chi connectivity index (χ0v) is 13.0. The second-order valence-corrected chi connectivity index (χ2v) is 6.61. The second-order valence-electron chi connectivity index (χ2n) is 6.61. The minimum atomic E-state index is -1.23. The molecule has 1 aliphatic heterocycles. The zero-order valence-electron chi connectivity index (χ0n) is 13.0. The third-order valence-electron chi connectivity index (χ3n) is 4.31. The molecule has 7 heteroatoms. The number of nitrogens with two attached hydrogens (primary N) is 1. The number of rotatable bonds is 9. The van der Waals surface area contributed by atoms with E-state index in [0.29, 0.717) is 12.9 Å². The van der Waals surface area contributed by atoms with E-state index in [1.807, 2.05) is 6.92 Å². The van der Waals surface area contributed by atoms with Crippen LogP contribution in [0, 0.1) is 5.92 Å². The molecular weight excluding hydrogens is 271 g/mol. The average molecular weight is 300 g/mol. The number of nitrogens with zero attached hydrogens (tertiary/aromatic N) is 1. The van der Waals surface area contributed by atoms with Gasteiger partial charge in [-0.2, -0.15) is 0 Å². The Hall–Kier alpha value is -0.625. The maximum atomic E-state index is 11.0. The number of unbranched alkanes of at least 4 members (excludes halogenated alkanes) is 1. The third kappa shape index (κ3) is 7.81. The first-order chi connectivity index (χ1) is 9.80. The largest absolute Gasteiger partial charge is 0.481 e. The molecule has 1 fully saturated rings. The molecule has 1 aliphatic rings. The van der Waals surface area contributed by atoms with Gasteiger partial charge in [0.25, 0.3) is 0 Å². The van der Waals surface area contributed by atoms with Crippen LogP contribution in [0.25, 0.3) is 0 Å². The Kier molecular flexibility index (Phi) is 7.66. The molecule has 0 saturated carbocycles. The lowest BCUT2D eigenvalue weighted by atomic mass is 9.82. The van der Waals surface area contributed by atoms with Gasteiger partial charge in [0.1, 0.15) is 0 Å². The fourth-order valence-electron chi connectivity index (χ4n) is 2.85. The van der Waals surface area contributed by atoms with Crippen LogP contribution in [-0.2, 0) is 4.79 Å². The van der Waals surface area contributed by atoms with Gasteiger partial charge in [-0.3, -0.25) is 4.79 Å². The fourth-order valence-corrected chi connectivity index (χ4v) is 2.85. The van der Waals surface area contributed by atoms with E-state index in [0.717, 1.165) is 51.6 Å². The van der Waals surface area contributed by atoms with Crippen molar-refractivity contribution in [3.8, 4) is 0 Å². The van der Waals surface area contributed by atoms with Crippen molar-refractivity contribution in [2.45, 2.75) is 57.3 Å². The molecule has 0 bridgehead atoms. The first kappa shape index (κ1) is 18.4. The highest BCUT2D eigenvalue weighted by atomic mass is 16.4. The van der Waals surface area contributed by atoms with Crippen LogP contribution in [0.4, 0.5) is 0 Å². The topological polar surface area (TPSA) is 107 Å². The highest BCUT2D eigenvalue weighted by Crippen LogP contribution is 2.20. The van der Waals surface area contributed by atoms with Gasteiger partial charge in [-0.15, -0.1) is 0 Å². The van der Waals surface area contributed by atoms with Crippen LogP contribution in [0.5, 0.6) is 0 Å². The number of aliphatic carboxylic acids is 1. The molecule has 1 rings (SSSR count). The number of hydrogen-bond acceptors (Lipinski definition) is 5. The Balaban J connectivity index is 2.24. The summed E-state index contributed by atoms with van der Waals surface area (Å²) in [5.41, 5.74) is 6.00. The summed E-state index contributed by atoms with van der Waals surface area (Å²) in [6, 6.07) is 0. The Bertz CT molecular complexity index is 326. The van der Waals surface area contributed by atoms with E-state index in [1.54, 1.807) is 0 Å². The number of likely N-dealkylation sites (tertiary alicyclic amines) is 1. The van der Waals surface area contributed by atoms with E-state index < -0.39 is 13.1 Å². The van der Waals surface area contributed by atoms with E-state index in [-0.39, 0.29) is 11.5 Å². The fraction of sp³-hybridized carbons (Fsp3) is 0.929. The number of carbonyl (C=O) groups is 1. The summed E-state index contributed by atoms with van der Waals surface area (Å²) in [4.78, 5) is 13.2. The summed E-state index contributed by atoms with van der Waals surface area (Å²) < 4.78 is 0. The third-order valence-corrected chi connectivity index (χ3v) is 4.31. The summed E-state index contributed by atoms with van der Waals surface area (Å²) in [5.74, 6) is -0.938. The number of carboxylic acid groups (broad SMARTS) is 1. The molecule has 0 aromatic rings. The van der Waals surface area contributed by atoms with Crippen LogP contribution < -0.4 is 5.73 Å². The summed E-state index contributed by atoms with van der Waals surface area (Å²) in [6.07, 6.45) is 5.42. The number of carboxylic acids is 1. The lowest BCUT2D eigenvalue weighted by Gasteiger charge is -2.33. The molecule has 1 unspecified atom stereocenters. The molecular formula is C14H29BN2O4. The second kappa shape index (κ2) is 8.73. The van der Waals surface area contributed by atoms with E-state index in [4.69, 9.17) is 20.9 Å². The molecule has 5 N–H and O–H groups in total. The van der Waals surface area contributed by atoms with E-state index in [2.05, 4.69) is 4.90 Å². The van der Waals surface area contributed by atoms with Gasteiger partial charge in [-0.25, -0.2) is 0 Å². The molecule has 0 spiro atoms. The Morgan fingerprint density at radius 2 is 2.10 bits per heavy atom. The molecule has 2 atom stereocenters. The summed E-state index contributed by atoms with van der Waals surface area (Å²) in [6.45, 7) is 4.43. The molecule has 0 aliphatic carbocycles. The SMILES string of the molecule is CC(N)(CCCCB(O)O)CCN1CCC[C@H](C(=O)O)C1. The van der Waals surface area contributed by atoms with E-state index in [9.17, 15) is 4.79 Å². The van der Waals surface area contributed by atoms with E-state index >= 15 is 0 Å². The molecule has 0 amide bonds. The van der Waals surface area contributed by atoms with Crippen molar-refractivity contribution in [3.63, 3.8) is 0 Å². The Morgan fingerprint density at radius 1 is 1.38 bits per heavy atom. The first-order valence-corrected chi connectivity index (χ1v) is 7.90. The smallest absolute Gasteiger partial charge is 0.451 e. The predicted octanol–water partition coefficient (Wildman–Crippen LogP) is 0.534. The van der Waals surface area contributed by atoms with Gasteiger partial charge in [-0.05, 0) is 52.0 Å². The lowest BCUT2D eigenvalue weighted by molar-refractivity contribution is -0.143. The Morgan fingerprint density at radius 3 is 2.71 bits per heavy atom. The van der Waals surface area contributed by atoms with E-state index in [1.165, 1.54) is 0 Å². The molecule has 1 heterocycles. The minimum Gasteiger partial charge on any atom is -0.481 e. The van der Waals surface area contributed by atoms with Crippen LogP contribution in [-0.4, -0.2) is 58.3 Å². The number of hydrogen-bond donors (Lipinski definition) is 4. The van der Waals surface area contributed by atoms with Crippen LogP contribution in [0.2, 0.25) is 6.32 Å². The van der Waals surface area contributed by atoms with Crippen LogP contribution in [0.3, 0.4) is 0 Å². The highest BCUT2D eigenvalue weighted by Gasteiger charge is 2.27. The molecule has 0 aromatic heterocycles. The van der Waals surface area contributed by atoms with Gasteiger partial charge < -0.3 is 25.8 Å². The van der Waals surface area contributed by atoms with Crippen molar-refractivity contribution in [2.24, 2.45) is 11.7 Å². The summed E-state index contributed by atoms with van der Waals surface area (Å²) in [7, 11) is -1.23. The van der Waals surface area contributed by atoms with Gasteiger partial charge >= 0.3 is 13.1 Å². The number of piperidine rings is 1. The standard InChI is InChI=1S/C14H29BN2O4/c1-14(16,6-2-3-8-15(20)21)7-10-17-9-4-5-12(11-17)13(18)19/h12,20-21H,2-11,16H2,1H3,(H,18,19)/t12-,14?/m0/s1. The van der Waals surface area contributed by atoms with Crippen molar-refractivity contribution >= 4 is 13.1 Å². The zero-order chi connectivity index (χ0) is 15.9. The first-order valence-electron chi connectivity index (χ1n) is 7.90. The van der Waals surface area contributed by atoms with Crippen molar-refractivity contribution in [1.29, 1.82) is 0 Å². The van der Waals surface area contributed by atoms with Gasteiger partial charge in [0.15, 0.2) is 0 Å². The molecule has 0 aromatic carbocycles. The van der Waals surface area contributed by atoms with Gasteiger partial charge in [0, 0.05) is 12.1 Å². The van der Waals surface area contributed by atoms with Crippen molar-refractivity contribution in [1.82, 2.24) is 4.90 Å². The van der Waals surface area contributed by atoms with Gasteiger partial charge in [0.2, 0.25) is 0 Å². The van der Waals surface area contributed by atoms with Crippen molar-refractivity contribution < 1.29 is 19.9 Å². The Labute approximate surface area is 127 Å². The quantitative estimate of drug-likeness (QED) is 0.365. The summed E-state index contributed by atoms with van der Waals surface area (Å²) in [5, 5.41) is 26.7. The lowest BCUT2D eigenvalue weighted by Crippen LogP contribution is -2.44. The van der Waals surface area contributed by atoms with Crippen molar-refractivity contribution in [2.75, 3.05) is 19.6 Å². The van der Waals surface area contributed by atoms with Gasteiger partial charge in [-0.1, -0.05) is 12.8 Å². The van der Waals surface area contributed by atoms with Crippen LogP contribution in [0.15, 0.2) is 0 Å². The molecule has 6 nitrogen and oxygen atoms in total. The molecule has 1 saturated heterocycles. The average Bonchev–Trinajstić information content (AvgIpc) is 2.42.